The van der Waals surface area contributed by atoms with Gasteiger partial charge in [-0.1, -0.05) is 56.8 Å². The fraction of sp³-hybridized carbons (Fsp3) is 0.778. The monoisotopic (exact) mass is 501 g/mol. The van der Waals surface area contributed by atoms with Crippen molar-refractivity contribution in [3.8, 4) is 0 Å². The van der Waals surface area contributed by atoms with Gasteiger partial charge < -0.3 is 9.64 Å². The van der Waals surface area contributed by atoms with E-state index in [0.29, 0.717) is 0 Å². The van der Waals surface area contributed by atoms with Crippen LogP contribution >= 0.6 is 68.5 Å². The van der Waals surface area contributed by atoms with Gasteiger partial charge in [-0.3, -0.25) is 4.79 Å². The summed E-state index contributed by atoms with van der Waals surface area (Å²) in [4.78, 5) is 25.5. The van der Waals surface area contributed by atoms with Crippen LogP contribution in [0.4, 0.5) is 0 Å². The minimum absolute atomic E-state index is 0.0155. The Bertz CT molecular complexity index is 390. The van der Waals surface area contributed by atoms with Crippen molar-refractivity contribution in [2.45, 2.75) is 31.4 Å². The summed E-state index contributed by atoms with van der Waals surface area (Å²) >= 11 is 11.3. The van der Waals surface area contributed by atoms with Crippen LogP contribution in [0.5, 0.6) is 0 Å². The molecule has 0 aliphatic carbocycles. The van der Waals surface area contributed by atoms with Crippen molar-refractivity contribution in [2.24, 2.45) is 0 Å². The molecule has 0 aromatic heterocycles. The zero-order valence-electron chi connectivity index (χ0n) is 9.08. The van der Waals surface area contributed by atoms with Crippen molar-refractivity contribution in [1.29, 1.82) is 0 Å². The molecule has 1 amide bonds. The number of nitrogens with zero attached hydrogens (tertiary/aromatic N) is 1. The maximum Gasteiger partial charge on any atom is 0.331 e. The molecule has 0 unspecified atom stereocenters. The molecule has 96 valence electrons. The van der Waals surface area contributed by atoms with E-state index in [2.05, 4.69) is 45.2 Å². The molecule has 0 spiro atoms. The summed E-state index contributed by atoms with van der Waals surface area (Å²) in [5, 5.41) is 0.0269. The number of hydrogen-bond acceptors (Lipinski definition) is 4. The van der Waals surface area contributed by atoms with Crippen LogP contribution in [0.1, 0.15) is 13.8 Å². The van der Waals surface area contributed by atoms with E-state index in [1.165, 1.54) is 0 Å². The number of ether oxygens (including phenoxy) is 1. The molecule has 2 aliphatic heterocycles. The van der Waals surface area contributed by atoms with Crippen molar-refractivity contribution < 1.29 is 14.3 Å². The first-order valence-electron chi connectivity index (χ1n) is 4.84. The first-order valence-corrected chi connectivity index (χ1v) is 8.41. The molecule has 2 atom stereocenters. The maximum atomic E-state index is 12.0. The van der Waals surface area contributed by atoms with Crippen LogP contribution in [0.15, 0.2) is 0 Å². The van der Waals surface area contributed by atoms with Crippen LogP contribution in [0.25, 0.3) is 0 Å². The normalized spacial score (nSPS) is 33.0. The summed E-state index contributed by atoms with van der Waals surface area (Å²) in [7, 11) is 0. The Balaban J connectivity index is 2.28. The van der Waals surface area contributed by atoms with Crippen molar-refractivity contribution >= 4 is 80.4 Å². The molecule has 0 aromatic rings. The molecule has 2 heterocycles. The largest absolute Gasteiger partial charge is 0.448 e. The summed E-state index contributed by atoms with van der Waals surface area (Å²) < 4.78 is 4.05. The van der Waals surface area contributed by atoms with Gasteiger partial charge in [-0.15, -0.1) is 11.8 Å². The Morgan fingerprint density at radius 3 is 2.71 bits per heavy atom. The third-order valence-electron chi connectivity index (χ3n) is 2.85. The van der Waals surface area contributed by atoms with E-state index in [1.807, 2.05) is 13.8 Å². The predicted molar refractivity (Wildman–Crippen MR) is 83.7 cm³/mol. The molecule has 17 heavy (non-hydrogen) atoms. The average Bonchev–Trinajstić information content (AvgIpc) is 2.48. The van der Waals surface area contributed by atoms with Gasteiger partial charge in [0.05, 0.1) is 0 Å². The van der Waals surface area contributed by atoms with E-state index in [4.69, 9.17) is 16.3 Å². The van der Waals surface area contributed by atoms with Gasteiger partial charge in [-0.05, 0) is 13.8 Å². The lowest BCUT2D eigenvalue weighted by Gasteiger charge is -2.46. The number of hydrogen-bond donors (Lipinski definition) is 0. The topological polar surface area (TPSA) is 46.6 Å². The van der Waals surface area contributed by atoms with Crippen molar-refractivity contribution in [1.82, 2.24) is 4.90 Å². The second-order valence-electron chi connectivity index (χ2n) is 4.38. The zero-order valence-corrected chi connectivity index (χ0v) is 15.0. The molecular formula is C9H10ClI2NO3S. The van der Waals surface area contributed by atoms with E-state index in [9.17, 15) is 9.59 Å². The van der Waals surface area contributed by atoms with Gasteiger partial charge in [0.15, 0.2) is 7.49 Å². The third kappa shape index (κ3) is 2.08. The number of rotatable bonds is 2. The Labute approximate surface area is 136 Å². The standard InChI is InChI=1S/C9H10ClI2NO3S/c1-8(2)4(5(14)16-3-10)13-6(15)9(11,12)7(13)17-8/h4,7H,3H2,1-2H3/t4-,7+/m0/s1. The van der Waals surface area contributed by atoms with Gasteiger partial charge in [0.1, 0.15) is 11.4 Å². The van der Waals surface area contributed by atoms with Crippen LogP contribution in [0.3, 0.4) is 0 Å². The molecule has 2 rings (SSSR count). The molecule has 2 saturated heterocycles. The van der Waals surface area contributed by atoms with E-state index in [0.717, 1.165) is 0 Å². The lowest BCUT2D eigenvalue weighted by molar-refractivity contribution is -0.159. The highest BCUT2D eigenvalue weighted by atomic mass is 127. The predicted octanol–water partition coefficient (Wildman–Crippen LogP) is 2.35. The molecular weight excluding hydrogens is 491 g/mol. The van der Waals surface area contributed by atoms with Crippen molar-refractivity contribution in [2.75, 3.05) is 6.07 Å². The van der Waals surface area contributed by atoms with E-state index in [1.54, 1.807) is 16.7 Å². The minimum Gasteiger partial charge on any atom is -0.448 e. The fourth-order valence-corrected chi connectivity index (χ4v) is 5.61. The molecule has 2 aliphatic rings. The summed E-state index contributed by atoms with van der Waals surface area (Å²) in [5.41, 5.74) is 0. The summed E-state index contributed by atoms with van der Waals surface area (Å²) in [5.74, 6) is -0.435. The van der Waals surface area contributed by atoms with E-state index < -0.39 is 13.4 Å². The average molecular weight is 502 g/mol. The van der Waals surface area contributed by atoms with Gasteiger partial charge in [0, 0.05) is 4.75 Å². The van der Waals surface area contributed by atoms with Gasteiger partial charge in [0.25, 0.3) is 5.91 Å². The summed E-state index contributed by atoms with van der Waals surface area (Å²) in [6.07, 6.45) is 0. The summed E-state index contributed by atoms with van der Waals surface area (Å²) in [6.45, 7) is 3.90. The smallest absolute Gasteiger partial charge is 0.331 e. The van der Waals surface area contributed by atoms with Crippen molar-refractivity contribution in [3.05, 3.63) is 0 Å². The van der Waals surface area contributed by atoms with Gasteiger partial charge in [-0.2, -0.15) is 0 Å². The van der Waals surface area contributed by atoms with Crippen LogP contribution in [-0.2, 0) is 14.3 Å². The number of halogens is 3. The highest BCUT2D eigenvalue weighted by Crippen LogP contribution is 2.60. The van der Waals surface area contributed by atoms with E-state index in [-0.39, 0.29) is 22.1 Å². The molecule has 8 heteroatoms. The van der Waals surface area contributed by atoms with Crippen LogP contribution in [0.2, 0.25) is 0 Å². The number of alkyl halides is 3. The number of esters is 1. The highest BCUT2D eigenvalue weighted by Gasteiger charge is 2.69. The van der Waals surface area contributed by atoms with Crippen LogP contribution < -0.4 is 0 Å². The van der Waals surface area contributed by atoms with Crippen LogP contribution in [-0.4, -0.2) is 40.4 Å². The number of fused-ring (bicyclic) bond motifs is 1. The van der Waals surface area contributed by atoms with Gasteiger partial charge >= 0.3 is 5.97 Å². The van der Waals surface area contributed by atoms with E-state index >= 15 is 0 Å². The summed E-state index contributed by atoms with van der Waals surface area (Å²) in [6, 6.07) is -0.719. The number of β-lactam (4-membered cyclic amide) rings is 1. The Hall–Kier alpha value is 1.04. The Morgan fingerprint density at radius 1 is 1.59 bits per heavy atom. The zero-order chi connectivity index (χ0) is 13.0. The first-order chi connectivity index (χ1) is 7.73. The minimum atomic E-state index is -0.540. The number of carbonyl (C=O) groups is 2. The second kappa shape index (κ2) is 4.55. The molecule has 2 fully saturated rings. The number of thioether (sulfide) groups is 1. The molecule has 0 bridgehead atoms. The lowest BCUT2D eigenvalue weighted by Crippen LogP contribution is -2.68. The molecule has 0 saturated carbocycles. The van der Waals surface area contributed by atoms with Gasteiger partial charge in [0.2, 0.25) is 0 Å². The number of carbonyl (C=O) groups excluding carboxylic acids is 2. The Morgan fingerprint density at radius 2 is 2.18 bits per heavy atom. The van der Waals surface area contributed by atoms with Crippen molar-refractivity contribution in [3.63, 3.8) is 0 Å². The number of amides is 1. The quantitative estimate of drug-likeness (QED) is 0.252. The fourth-order valence-electron chi connectivity index (χ4n) is 2.09. The molecule has 0 radical (unpaired) electrons. The lowest BCUT2D eigenvalue weighted by atomic mass is 9.98. The third-order valence-corrected chi connectivity index (χ3v) is 7.55. The maximum absolute atomic E-state index is 12.0. The molecule has 0 aromatic carbocycles. The molecule has 0 N–H and O–H groups in total. The second-order valence-corrected chi connectivity index (χ2v) is 11.8. The van der Waals surface area contributed by atoms with Crippen LogP contribution in [0, 0.1) is 0 Å². The molecule has 4 nitrogen and oxygen atoms in total. The Kier molecular flexibility index (Phi) is 3.87. The SMILES string of the molecule is CC1(C)S[C@H]2N(C(=O)C2(I)I)[C@H]1C(=O)OCCl. The highest BCUT2D eigenvalue weighted by molar-refractivity contribution is 14.2. The first kappa shape index (κ1) is 14.4. The van der Waals surface area contributed by atoms with Gasteiger partial charge in [-0.25, -0.2) is 4.79 Å².